The fourth-order valence-corrected chi connectivity index (χ4v) is 2.72. The van der Waals surface area contributed by atoms with E-state index >= 15 is 0 Å². The number of nitrogens with zero attached hydrogens (tertiary/aromatic N) is 1. The molecule has 0 saturated carbocycles. The summed E-state index contributed by atoms with van der Waals surface area (Å²) in [5.41, 5.74) is -0.0445. The van der Waals surface area contributed by atoms with Gasteiger partial charge in [0.1, 0.15) is 12.1 Å². The van der Waals surface area contributed by atoms with Gasteiger partial charge in [-0.3, -0.25) is 9.59 Å². The van der Waals surface area contributed by atoms with Crippen molar-refractivity contribution in [2.45, 2.75) is 79.4 Å². The summed E-state index contributed by atoms with van der Waals surface area (Å²) in [5.74, 6) is 0.188. The number of carbonyl (C=O) groups excluding carboxylic acids is 2. The van der Waals surface area contributed by atoms with Gasteiger partial charge >= 0.3 is 0 Å². The molecule has 1 fully saturated rings. The highest BCUT2D eigenvalue weighted by Gasteiger charge is 2.45. The number of amides is 2. The van der Waals surface area contributed by atoms with Crippen LogP contribution in [0.5, 0.6) is 0 Å². The van der Waals surface area contributed by atoms with Crippen molar-refractivity contribution in [3.8, 4) is 0 Å². The van der Waals surface area contributed by atoms with Crippen LogP contribution in [0.1, 0.15) is 61.3 Å². The summed E-state index contributed by atoms with van der Waals surface area (Å²) in [6.07, 6.45) is 1.60. The molecule has 2 amide bonds. The molecule has 0 aromatic heterocycles. The lowest BCUT2D eigenvalue weighted by molar-refractivity contribution is -0.156. The minimum atomic E-state index is -0.357. The van der Waals surface area contributed by atoms with Crippen LogP contribution in [0.3, 0.4) is 0 Å². The van der Waals surface area contributed by atoms with Gasteiger partial charge in [-0.1, -0.05) is 48.0 Å². The highest BCUT2D eigenvalue weighted by Crippen LogP contribution is 2.30. The Morgan fingerprint density at radius 3 is 2.15 bits per heavy atom. The Kier molecular flexibility index (Phi) is 5.22. The van der Waals surface area contributed by atoms with E-state index in [1.54, 1.807) is 0 Å². The van der Waals surface area contributed by atoms with Crippen molar-refractivity contribution < 1.29 is 9.59 Å². The van der Waals surface area contributed by atoms with Crippen LogP contribution in [0.2, 0.25) is 0 Å². The van der Waals surface area contributed by atoms with Gasteiger partial charge in [0.2, 0.25) is 11.8 Å². The first kappa shape index (κ1) is 17.0. The van der Waals surface area contributed by atoms with E-state index in [2.05, 4.69) is 33.0 Å². The van der Waals surface area contributed by atoms with Crippen molar-refractivity contribution in [2.24, 2.45) is 11.3 Å². The molecule has 0 spiro atoms. The number of carbonyl (C=O) groups is 2. The van der Waals surface area contributed by atoms with E-state index in [9.17, 15) is 9.59 Å². The Morgan fingerprint density at radius 2 is 1.75 bits per heavy atom. The van der Waals surface area contributed by atoms with E-state index < -0.39 is 0 Å². The molecule has 0 aliphatic carbocycles. The highest BCUT2D eigenvalue weighted by atomic mass is 16.2. The van der Waals surface area contributed by atoms with Crippen LogP contribution in [0, 0.1) is 11.3 Å². The number of piperazine rings is 1. The smallest absolute Gasteiger partial charge is 0.246 e. The molecule has 1 saturated heterocycles. The third-order valence-electron chi connectivity index (χ3n) is 4.32. The number of hydrogen-bond acceptors (Lipinski definition) is 2. The van der Waals surface area contributed by atoms with Crippen LogP contribution in [-0.2, 0) is 9.59 Å². The second-order valence-corrected chi connectivity index (χ2v) is 7.33. The molecule has 1 aliphatic rings. The minimum Gasteiger partial charge on any atom is -0.342 e. The van der Waals surface area contributed by atoms with Crippen LogP contribution in [0.15, 0.2) is 0 Å². The van der Waals surface area contributed by atoms with E-state index in [1.807, 2.05) is 25.7 Å². The molecule has 20 heavy (non-hydrogen) atoms. The van der Waals surface area contributed by atoms with Crippen molar-refractivity contribution in [1.29, 1.82) is 0 Å². The van der Waals surface area contributed by atoms with Crippen molar-refractivity contribution in [3.63, 3.8) is 0 Å². The minimum absolute atomic E-state index is 0.00542. The lowest BCUT2D eigenvalue weighted by Crippen LogP contribution is -2.68. The third kappa shape index (κ3) is 3.33. The Bertz CT molecular complexity index is 371. The molecule has 4 nitrogen and oxygen atoms in total. The Hall–Kier alpha value is -1.06. The normalized spacial score (nSPS) is 25.9. The lowest BCUT2D eigenvalue weighted by Gasteiger charge is -2.47. The van der Waals surface area contributed by atoms with Gasteiger partial charge in [0.15, 0.2) is 0 Å². The molecule has 116 valence electrons. The summed E-state index contributed by atoms with van der Waals surface area (Å²) in [6.45, 7) is 14.4. The summed E-state index contributed by atoms with van der Waals surface area (Å²) in [5, 5.41) is 2.90. The molecule has 4 heteroatoms. The van der Waals surface area contributed by atoms with Crippen LogP contribution in [-0.4, -0.2) is 34.8 Å². The van der Waals surface area contributed by atoms with Gasteiger partial charge in [0.05, 0.1) is 0 Å². The molecule has 0 aromatic rings. The zero-order chi connectivity index (χ0) is 15.7. The number of hydrogen-bond donors (Lipinski definition) is 1. The Labute approximate surface area is 123 Å². The molecular formula is C16H30N2O2. The predicted molar refractivity (Wildman–Crippen MR) is 81.2 cm³/mol. The van der Waals surface area contributed by atoms with Crippen molar-refractivity contribution >= 4 is 11.8 Å². The Balaban J connectivity index is 3.14. The zero-order valence-corrected chi connectivity index (χ0v) is 14.0. The molecule has 1 rings (SSSR count). The first-order valence-electron chi connectivity index (χ1n) is 7.73. The van der Waals surface area contributed by atoms with Gasteiger partial charge in [-0.15, -0.1) is 0 Å². The van der Waals surface area contributed by atoms with Crippen molar-refractivity contribution in [3.05, 3.63) is 0 Å². The highest BCUT2D eigenvalue weighted by molar-refractivity contribution is 5.97. The first-order valence-corrected chi connectivity index (χ1v) is 7.73. The van der Waals surface area contributed by atoms with Crippen molar-refractivity contribution in [1.82, 2.24) is 10.2 Å². The van der Waals surface area contributed by atoms with Gasteiger partial charge in [0, 0.05) is 6.04 Å². The molecule has 3 unspecified atom stereocenters. The molecule has 3 atom stereocenters. The average molecular weight is 282 g/mol. The predicted octanol–water partition coefficient (Wildman–Crippen LogP) is 2.57. The van der Waals surface area contributed by atoms with Crippen molar-refractivity contribution in [2.75, 3.05) is 0 Å². The maximum absolute atomic E-state index is 12.8. The van der Waals surface area contributed by atoms with E-state index in [4.69, 9.17) is 0 Å². The monoisotopic (exact) mass is 282 g/mol. The Morgan fingerprint density at radius 1 is 1.20 bits per heavy atom. The molecular weight excluding hydrogens is 252 g/mol. The van der Waals surface area contributed by atoms with Gasteiger partial charge in [-0.05, 0) is 24.7 Å². The summed E-state index contributed by atoms with van der Waals surface area (Å²) in [7, 11) is 0. The average Bonchev–Trinajstić information content (AvgIpc) is 2.30. The van der Waals surface area contributed by atoms with E-state index in [1.165, 1.54) is 0 Å². The molecule has 0 bridgehead atoms. The molecule has 1 aliphatic heterocycles. The number of rotatable bonds is 4. The molecule has 1 heterocycles. The fourth-order valence-electron chi connectivity index (χ4n) is 2.72. The van der Waals surface area contributed by atoms with Crippen LogP contribution in [0.25, 0.3) is 0 Å². The van der Waals surface area contributed by atoms with E-state index in [-0.39, 0.29) is 41.3 Å². The maximum atomic E-state index is 12.8. The van der Waals surface area contributed by atoms with Gasteiger partial charge in [0.25, 0.3) is 0 Å². The number of nitrogens with one attached hydrogen (secondary N) is 1. The van der Waals surface area contributed by atoms with Gasteiger partial charge in [-0.2, -0.15) is 0 Å². The standard InChI is InChI=1S/C16H30N2O2/c1-8-9-12-15(20)18(11(4)16(5,6)7)13(10(2)3)14(19)17-12/h10-13H,8-9H2,1-7H3,(H,17,19). The topological polar surface area (TPSA) is 49.4 Å². The van der Waals surface area contributed by atoms with E-state index in [0.717, 1.165) is 6.42 Å². The third-order valence-corrected chi connectivity index (χ3v) is 4.32. The summed E-state index contributed by atoms with van der Waals surface area (Å²) in [4.78, 5) is 27.0. The molecule has 0 radical (unpaired) electrons. The lowest BCUT2D eigenvalue weighted by atomic mass is 9.83. The van der Waals surface area contributed by atoms with E-state index in [0.29, 0.717) is 6.42 Å². The quantitative estimate of drug-likeness (QED) is 0.861. The molecule has 1 N–H and O–H groups in total. The summed E-state index contributed by atoms with van der Waals surface area (Å²) < 4.78 is 0. The zero-order valence-electron chi connectivity index (χ0n) is 14.0. The van der Waals surface area contributed by atoms with Gasteiger partial charge in [-0.25, -0.2) is 0 Å². The second-order valence-electron chi connectivity index (χ2n) is 7.33. The van der Waals surface area contributed by atoms with Crippen LogP contribution in [0.4, 0.5) is 0 Å². The summed E-state index contributed by atoms with van der Waals surface area (Å²) >= 11 is 0. The molecule has 0 aromatic carbocycles. The maximum Gasteiger partial charge on any atom is 0.246 e. The van der Waals surface area contributed by atoms with Gasteiger partial charge < -0.3 is 10.2 Å². The van der Waals surface area contributed by atoms with Crippen LogP contribution < -0.4 is 5.32 Å². The summed E-state index contributed by atoms with van der Waals surface area (Å²) in [6, 6.07) is -0.676. The largest absolute Gasteiger partial charge is 0.342 e. The van der Waals surface area contributed by atoms with Crippen LogP contribution >= 0.6 is 0 Å². The second kappa shape index (κ2) is 6.15. The SMILES string of the molecule is CCCC1NC(=O)C(C(C)C)N(C(C)C(C)(C)C)C1=O. The fraction of sp³-hybridized carbons (Fsp3) is 0.875. The first-order chi connectivity index (χ1) is 9.11.